The Hall–Kier alpha value is -2.34. The van der Waals surface area contributed by atoms with Gasteiger partial charge in [0.1, 0.15) is 0 Å². The monoisotopic (exact) mass is 372 g/mol. The maximum atomic E-state index is 13.1. The highest BCUT2D eigenvalue weighted by molar-refractivity contribution is 7.92. The molecule has 0 N–H and O–H groups in total. The van der Waals surface area contributed by atoms with Crippen molar-refractivity contribution in [2.75, 3.05) is 24.4 Å². The molecule has 2 aromatic carbocycles. The lowest BCUT2D eigenvalue weighted by Crippen LogP contribution is -2.30. The Morgan fingerprint density at radius 1 is 1.15 bits per heavy atom. The average Bonchev–Trinajstić information content (AvgIpc) is 3.10. The van der Waals surface area contributed by atoms with E-state index in [0.29, 0.717) is 25.1 Å². The summed E-state index contributed by atoms with van der Waals surface area (Å²) in [5, 5.41) is 0. The van der Waals surface area contributed by atoms with Gasteiger partial charge in [-0.3, -0.25) is 9.10 Å². The van der Waals surface area contributed by atoms with Gasteiger partial charge in [0.2, 0.25) is 0 Å². The van der Waals surface area contributed by atoms with Crippen molar-refractivity contribution in [3.8, 4) is 0 Å². The van der Waals surface area contributed by atoms with Crippen LogP contribution in [0.15, 0.2) is 53.4 Å². The molecule has 0 bridgehead atoms. The molecule has 1 amide bonds. The SMILES string of the molecule is CCCCN(C)C(=O)c1cccc(S(=O)(=O)N2CCc3ccccc32)c1. The number of sulfonamides is 1. The summed E-state index contributed by atoms with van der Waals surface area (Å²) < 4.78 is 27.7. The van der Waals surface area contributed by atoms with Crippen molar-refractivity contribution in [1.82, 2.24) is 4.90 Å². The maximum absolute atomic E-state index is 13.1. The van der Waals surface area contributed by atoms with Crippen LogP contribution in [0.3, 0.4) is 0 Å². The molecule has 2 aromatic rings. The van der Waals surface area contributed by atoms with E-state index in [1.54, 1.807) is 30.1 Å². The number of amides is 1. The normalized spacial score (nSPS) is 13.5. The van der Waals surface area contributed by atoms with Crippen LogP contribution in [-0.2, 0) is 16.4 Å². The third-order valence-electron chi connectivity index (χ3n) is 4.71. The smallest absolute Gasteiger partial charge is 0.264 e. The quantitative estimate of drug-likeness (QED) is 0.782. The third kappa shape index (κ3) is 3.46. The van der Waals surface area contributed by atoms with Gasteiger partial charge in [-0.1, -0.05) is 37.6 Å². The van der Waals surface area contributed by atoms with Gasteiger partial charge in [-0.15, -0.1) is 0 Å². The van der Waals surface area contributed by atoms with Gasteiger partial charge in [-0.05, 0) is 42.7 Å². The Balaban J connectivity index is 1.89. The Kier molecular flexibility index (Phi) is 5.32. The summed E-state index contributed by atoms with van der Waals surface area (Å²) in [6.07, 6.45) is 2.62. The van der Waals surface area contributed by atoms with E-state index in [2.05, 4.69) is 6.92 Å². The topological polar surface area (TPSA) is 57.7 Å². The predicted octanol–water partition coefficient (Wildman–Crippen LogP) is 3.31. The van der Waals surface area contributed by atoms with E-state index in [0.717, 1.165) is 24.1 Å². The summed E-state index contributed by atoms with van der Waals surface area (Å²) in [7, 11) is -1.94. The Morgan fingerprint density at radius 2 is 1.92 bits per heavy atom. The molecule has 138 valence electrons. The Labute approximate surface area is 155 Å². The average molecular weight is 372 g/mol. The van der Waals surface area contributed by atoms with Crippen molar-refractivity contribution in [2.24, 2.45) is 0 Å². The van der Waals surface area contributed by atoms with Crippen molar-refractivity contribution in [1.29, 1.82) is 0 Å². The molecule has 1 heterocycles. The van der Waals surface area contributed by atoms with Crippen LogP contribution in [0.5, 0.6) is 0 Å². The molecule has 0 aromatic heterocycles. The molecule has 26 heavy (non-hydrogen) atoms. The van der Waals surface area contributed by atoms with E-state index in [-0.39, 0.29) is 10.8 Å². The molecular formula is C20H24N2O3S. The van der Waals surface area contributed by atoms with Crippen molar-refractivity contribution in [3.05, 3.63) is 59.7 Å². The number of para-hydroxylation sites is 1. The summed E-state index contributed by atoms with van der Waals surface area (Å²) in [6.45, 7) is 3.15. The second kappa shape index (κ2) is 7.50. The lowest BCUT2D eigenvalue weighted by molar-refractivity contribution is 0.0793. The number of hydrogen-bond donors (Lipinski definition) is 0. The maximum Gasteiger partial charge on any atom is 0.264 e. The predicted molar refractivity (Wildman–Crippen MR) is 103 cm³/mol. The van der Waals surface area contributed by atoms with E-state index in [1.165, 1.54) is 10.4 Å². The van der Waals surface area contributed by atoms with Gasteiger partial charge in [0, 0.05) is 25.7 Å². The first-order valence-corrected chi connectivity index (χ1v) is 10.4. The number of fused-ring (bicyclic) bond motifs is 1. The first-order chi connectivity index (χ1) is 12.4. The van der Waals surface area contributed by atoms with Crippen LogP contribution in [0.2, 0.25) is 0 Å². The van der Waals surface area contributed by atoms with Crippen LogP contribution >= 0.6 is 0 Å². The minimum atomic E-state index is -3.69. The van der Waals surface area contributed by atoms with Crippen LogP contribution < -0.4 is 4.31 Å². The molecular weight excluding hydrogens is 348 g/mol. The second-order valence-electron chi connectivity index (χ2n) is 6.56. The molecule has 0 aliphatic carbocycles. The van der Waals surface area contributed by atoms with E-state index < -0.39 is 10.0 Å². The van der Waals surface area contributed by atoms with Crippen molar-refractivity contribution >= 4 is 21.6 Å². The summed E-state index contributed by atoms with van der Waals surface area (Å²) in [6, 6.07) is 13.9. The molecule has 0 fully saturated rings. The summed E-state index contributed by atoms with van der Waals surface area (Å²) in [5.74, 6) is -0.155. The highest BCUT2D eigenvalue weighted by Crippen LogP contribution is 2.32. The van der Waals surface area contributed by atoms with Crippen LogP contribution in [0.4, 0.5) is 5.69 Å². The standard InChI is InChI=1S/C20H24N2O3S/c1-3-4-13-21(2)20(23)17-9-7-10-18(15-17)26(24,25)22-14-12-16-8-5-6-11-19(16)22/h5-11,15H,3-4,12-14H2,1-2H3. The van der Waals surface area contributed by atoms with Crippen LogP contribution in [0.1, 0.15) is 35.7 Å². The van der Waals surface area contributed by atoms with Gasteiger partial charge in [0.05, 0.1) is 10.6 Å². The summed E-state index contributed by atoms with van der Waals surface area (Å²) >= 11 is 0. The largest absolute Gasteiger partial charge is 0.342 e. The molecule has 6 heteroatoms. The molecule has 0 spiro atoms. The lowest BCUT2D eigenvalue weighted by atomic mass is 10.2. The fourth-order valence-electron chi connectivity index (χ4n) is 3.19. The number of benzene rings is 2. The zero-order valence-electron chi connectivity index (χ0n) is 15.2. The molecule has 1 aliphatic heterocycles. The lowest BCUT2D eigenvalue weighted by Gasteiger charge is -2.21. The number of nitrogens with zero attached hydrogens (tertiary/aromatic N) is 2. The van der Waals surface area contributed by atoms with Crippen molar-refractivity contribution < 1.29 is 13.2 Å². The molecule has 0 radical (unpaired) electrons. The number of carbonyl (C=O) groups is 1. The minimum absolute atomic E-state index is 0.155. The number of unbranched alkanes of at least 4 members (excludes halogenated alkanes) is 1. The fraction of sp³-hybridized carbons (Fsp3) is 0.350. The van der Waals surface area contributed by atoms with Gasteiger partial charge in [-0.25, -0.2) is 8.42 Å². The summed E-state index contributed by atoms with van der Waals surface area (Å²) in [4.78, 5) is 14.4. The van der Waals surface area contributed by atoms with Crippen LogP contribution in [0.25, 0.3) is 0 Å². The van der Waals surface area contributed by atoms with Gasteiger partial charge in [0.15, 0.2) is 0 Å². The molecule has 0 saturated heterocycles. The fourth-order valence-corrected chi connectivity index (χ4v) is 4.74. The minimum Gasteiger partial charge on any atom is -0.342 e. The van der Waals surface area contributed by atoms with Gasteiger partial charge < -0.3 is 4.90 Å². The van der Waals surface area contributed by atoms with Crippen molar-refractivity contribution in [2.45, 2.75) is 31.1 Å². The van der Waals surface area contributed by atoms with Crippen LogP contribution in [-0.4, -0.2) is 39.4 Å². The van der Waals surface area contributed by atoms with Crippen LogP contribution in [0, 0.1) is 0 Å². The van der Waals surface area contributed by atoms with Gasteiger partial charge in [0.25, 0.3) is 15.9 Å². The highest BCUT2D eigenvalue weighted by Gasteiger charge is 2.31. The summed E-state index contributed by atoms with van der Waals surface area (Å²) in [5.41, 5.74) is 2.16. The third-order valence-corrected chi connectivity index (χ3v) is 6.52. The number of carbonyl (C=O) groups excluding carboxylic acids is 1. The molecule has 3 rings (SSSR count). The molecule has 5 nitrogen and oxygen atoms in total. The van der Waals surface area contributed by atoms with Gasteiger partial charge in [-0.2, -0.15) is 0 Å². The van der Waals surface area contributed by atoms with E-state index in [4.69, 9.17) is 0 Å². The number of anilines is 1. The van der Waals surface area contributed by atoms with E-state index >= 15 is 0 Å². The van der Waals surface area contributed by atoms with Gasteiger partial charge >= 0.3 is 0 Å². The van der Waals surface area contributed by atoms with E-state index in [9.17, 15) is 13.2 Å². The molecule has 1 aliphatic rings. The second-order valence-corrected chi connectivity index (χ2v) is 8.43. The zero-order chi connectivity index (χ0) is 18.7. The first-order valence-electron chi connectivity index (χ1n) is 8.91. The van der Waals surface area contributed by atoms with E-state index in [1.807, 2.05) is 24.3 Å². The Bertz CT molecular complexity index is 909. The highest BCUT2D eigenvalue weighted by atomic mass is 32.2. The van der Waals surface area contributed by atoms with Crippen molar-refractivity contribution in [3.63, 3.8) is 0 Å². The molecule has 0 unspecified atom stereocenters. The Morgan fingerprint density at radius 3 is 2.69 bits per heavy atom. The molecule has 0 atom stereocenters. The number of hydrogen-bond acceptors (Lipinski definition) is 3. The zero-order valence-corrected chi connectivity index (χ0v) is 16.0. The molecule has 0 saturated carbocycles. The number of rotatable bonds is 6. The first kappa shape index (κ1) is 18.5.